The molecule has 2 heterocycles. The third kappa shape index (κ3) is 1.99. The predicted octanol–water partition coefficient (Wildman–Crippen LogP) is 1.34. The van der Waals surface area contributed by atoms with E-state index in [1.165, 1.54) is 5.57 Å². The largest absolute Gasteiger partial charge is 0.454 e. The molecule has 0 bridgehead atoms. The van der Waals surface area contributed by atoms with Crippen molar-refractivity contribution in [3.05, 3.63) is 23.8 Å². The van der Waals surface area contributed by atoms with Gasteiger partial charge in [0.05, 0.1) is 24.2 Å². The van der Waals surface area contributed by atoms with Crippen LogP contribution in [0.4, 0.5) is 0 Å². The molecule has 1 N–H and O–H groups in total. The molecule has 4 heteroatoms. The van der Waals surface area contributed by atoms with Crippen LogP contribution < -0.4 is 0 Å². The van der Waals surface area contributed by atoms with Crippen molar-refractivity contribution < 1.29 is 19.4 Å². The Labute approximate surface area is 106 Å². The minimum atomic E-state index is -0.619. The molecule has 1 aliphatic carbocycles. The molecular weight excluding hydrogens is 232 g/mol. The number of hydrogen-bond donors (Lipinski definition) is 1. The summed E-state index contributed by atoms with van der Waals surface area (Å²) in [6.45, 7) is 5.78. The molecule has 0 aromatic rings. The minimum absolute atomic E-state index is 0.134. The van der Waals surface area contributed by atoms with Crippen molar-refractivity contribution in [1.29, 1.82) is 0 Å². The highest BCUT2D eigenvalue weighted by Crippen LogP contribution is 2.39. The Morgan fingerprint density at radius 1 is 1.44 bits per heavy atom. The van der Waals surface area contributed by atoms with E-state index >= 15 is 0 Å². The van der Waals surface area contributed by atoms with E-state index in [2.05, 4.69) is 6.58 Å². The first-order valence-electron chi connectivity index (χ1n) is 6.47. The van der Waals surface area contributed by atoms with Crippen LogP contribution in [-0.4, -0.2) is 35.5 Å². The molecule has 0 saturated carbocycles. The molecule has 0 aromatic carbocycles. The summed E-state index contributed by atoms with van der Waals surface area (Å²) in [7, 11) is 0. The number of ether oxygens (including phenoxy) is 2. The van der Waals surface area contributed by atoms with E-state index in [1.54, 1.807) is 0 Å². The van der Waals surface area contributed by atoms with Crippen LogP contribution in [0.25, 0.3) is 0 Å². The van der Waals surface area contributed by atoms with Crippen molar-refractivity contribution in [3.8, 4) is 0 Å². The molecule has 2 fully saturated rings. The van der Waals surface area contributed by atoms with E-state index in [-0.39, 0.29) is 30.2 Å². The Bertz CT molecular complexity index is 426. The normalized spacial score (nSPS) is 46.6. The van der Waals surface area contributed by atoms with Crippen LogP contribution in [-0.2, 0) is 14.3 Å². The summed E-state index contributed by atoms with van der Waals surface area (Å²) >= 11 is 0. The lowest BCUT2D eigenvalue weighted by Gasteiger charge is -2.21. The second-order valence-electron chi connectivity index (χ2n) is 5.49. The first-order chi connectivity index (χ1) is 8.56. The van der Waals surface area contributed by atoms with Gasteiger partial charge in [-0.15, -0.1) is 0 Å². The summed E-state index contributed by atoms with van der Waals surface area (Å²) in [5.41, 5.74) is 1.56. The van der Waals surface area contributed by atoms with Gasteiger partial charge in [-0.1, -0.05) is 12.2 Å². The zero-order valence-electron chi connectivity index (χ0n) is 10.5. The molecule has 4 nitrogen and oxygen atoms in total. The summed E-state index contributed by atoms with van der Waals surface area (Å²) in [4.78, 5) is 11.6. The van der Waals surface area contributed by atoms with Crippen molar-refractivity contribution in [3.63, 3.8) is 0 Å². The summed E-state index contributed by atoms with van der Waals surface area (Å²) in [6, 6.07) is 0. The number of aliphatic hydroxyl groups excluding tert-OH is 1. The summed E-state index contributed by atoms with van der Waals surface area (Å²) in [6.07, 6.45) is 3.86. The topological polar surface area (TPSA) is 59.1 Å². The maximum absolute atomic E-state index is 11.6. The highest BCUT2D eigenvalue weighted by atomic mass is 16.6. The standard InChI is InChI=1S/C14H18O4/c1-7-3-4-10-11(17-10)6-9(15)13-8(2)14(16)18-12(13)5-7/h5,9-13,15H,2-4,6H2,1H3/b7-5+/t9-,10+,11-,12+,13+/m0/s1. The van der Waals surface area contributed by atoms with E-state index in [1.807, 2.05) is 13.0 Å². The van der Waals surface area contributed by atoms with Crippen LogP contribution in [0.2, 0.25) is 0 Å². The van der Waals surface area contributed by atoms with Gasteiger partial charge in [0.1, 0.15) is 6.10 Å². The van der Waals surface area contributed by atoms with E-state index in [0.717, 1.165) is 12.8 Å². The number of carbonyl (C=O) groups is 1. The maximum atomic E-state index is 11.6. The van der Waals surface area contributed by atoms with Gasteiger partial charge in [-0.3, -0.25) is 0 Å². The first kappa shape index (κ1) is 11.9. The number of fused-ring (bicyclic) bond motifs is 2. The smallest absolute Gasteiger partial charge is 0.334 e. The van der Waals surface area contributed by atoms with Gasteiger partial charge in [0, 0.05) is 12.0 Å². The Morgan fingerprint density at radius 2 is 2.22 bits per heavy atom. The molecule has 5 atom stereocenters. The van der Waals surface area contributed by atoms with Crippen LogP contribution in [0.1, 0.15) is 26.2 Å². The number of aliphatic hydroxyl groups is 1. The molecule has 0 amide bonds. The van der Waals surface area contributed by atoms with Gasteiger partial charge in [0.2, 0.25) is 0 Å². The number of carbonyl (C=O) groups excluding carboxylic acids is 1. The molecule has 18 heavy (non-hydrogen) atoms. The molecule has 3 rings (SSSR count). The molecule has 98 valence electrons. The van der Waals surface area contributed by atoms with Gasteiger partial charge < -0.3 is 14.6 Å². The van der Waals surface area contributed by atoms with Crippen molar-refractivity contribution in [2.45, 2.75) is 50.6 Å². The average Bonchev–Trinajstić information content (AvgIpc) is 2.97. The summed E-state index contributed by atoms with van der Waals surface area (Å²) in [5, 5.41) is 10.3. The molecule has 2 saturated heterocycles. The van der Waals surface area contributed by atoms with Crippen LogP contribution in [0.15, 0.2) is 23.8 Å². The minimum Gasteiger partial charge on any atom is -0.454 e. The van der Waals surface area contributed by atoms with E-state index in [0.29, 0.717) is 12.0 Å². The quantitative estimate of drug-likeness (QED) is 0.305. The van der Waals surface area contributed by atoms with Gasteiger partial charge in [-0.2, -0.15) is 0 Å². The summed E-state index contributed by atoms with van der Waals surface area (Å²) in [5.74, 6) is -0.712. The molecule has 3 aliphatic rings. The van der Waals surface area contributed by atoms with Crippen molar-refractivity contribution in [2.24, 2.45) is 5.92 Å². The highest BCUT2D eigenvalue weighted by Gasteiger charge is 2.47. The first-order valence-corrected chi connectivity index (χ1v) is 6.47. The SMILES string of the molecule is C=C1C(=O)O[C@@H]2/C=C(\C)CC[C@H]3O[C@H]3C[C@H](O)[C@@H]12. The lowest BCUT2D eigenvalue weighted by atomic mass is 9.86. The molecule has 2 aliphatic heterocycles. The monoisotopic (exact) mass is 250 g/mol. The predicted molar refractivity (Wildman–Crippen MR) is 64.8 cm³/mol. The number of allylic oxidation sites excluding steroid dienone is 1. The lowest BCUT2D eigenvalue weighted by molar-refractivity contribution is -0.137. The van der Waals surface area contributed by atoms with E-state index < -0.39 is 6.10 Å². The lowest BCUT2D eigenvalue weighted by Crippen LogP contribution is -2.30. The summed E-state index contributed by atoms with van der Waals surface area (Å²) < 4.78 is 10.8. The Hall–Kier alpha value is -1.13. The number of rotatable bonds is 0. The van der Waals surface area contributed by atoms with Crippen LogP contribution in [0.3, 0.4) is 0 Å². The van der Waals surface area contributed by atoms with E-state index in [4.69, 9.17) is 9.47 Å². The number of epoxide rings is 1. The fourth-order valence-corrected chi connectivity index (χ4v) is 2.95. The number of esters is 1. The van der Waals surface area contributed by atoms with Gasteiger partial charge in [-0.05, 0) is 25.8 Å². The zero-order chi connectivity index (χ0) is 12.9. The Morgan fingerprint density at radius 3 is 3.00 bits per heavy atom. The molecule has 0 spiro atoms. The molecule has 0 aromatic heterocycles. The molecule has 0 unspecified atom stereocenters. The van der Waals surface area contributed by atoms with Gasteiger partial charge in [0.15, 0.2) is 0 Å². The van der Waals surface area contributed by atoms with Gasteiger partial charge in [-0.25, -0.2) is 4.79 Å². The second-order valence-corrected chi connectivity index (χ2v) is 5.49. The molecular formula is C14H18O4. The van der Waals surface area contributed by atoms with Crippen LogP contribution >= 0.6 is 0 Å². The average molecular weight is 250 g/mol. The fraction of sp³-hybridized carbons (Fsp3) is 0.643. The fourth-order valence-electron chi connectivity index (χ4n) is 2.95. The third-order valence-corrected chi connectivity index (χ3v) is 4.11. The van der Waals surface area contributed by atoms with E-state index in [9.17, 15) is 9.90 Å². The van der Waals surface area contributed by atoms with Gasteiger partial charge in [0.25, 0.3) is 0 Å². The Balaban J connectivity index is 1.89. The second kappa shape index (κ2) is 4.21. The maximum Gasteiger partial charge on any atom is 0.334 e. The van der Waals surface area contributed by atoms with Crippen LogP contribution in [0, 0.1) is 5.92 Å². The van der Waals surface area contributed by atoms with Crippen LogP contribution in [0.5, 0.6) is 0 Å². The molecule has 0 radical (unpaired) electrons. The van der Waals surface area contributed by atoms with Crippen molar-refractivity contribution >= 4 is 5.97 Å². The Kier molecular flexibility index (Phi) is 2.79. The van der Waals surface area contributed by atoms with Crippen molar-refractivity contribution in [1.82, 2.24) is 0 Å². The van der Waals surface area contributed by atoms with Gasteiger partial charge >= 0.3 is 5.97 Å². The highest BCUT2D eigenvalue weighted by molar-refractivity contribution is 5.91. The zero-order valence-corrected chi connectivity index (χ0v) is 10.5. The third-order valence-electron chi connectivity index (χ3n) is 4.11. The van der Waals surface area contributed by atoms with Crippen molar-refractivity contribution in [2.75, 3.05) is 0 Å². The number of hydrogen-bond acceptors (Lipinski definition) is 4.